The predicted octanol–water partition coefficient (Wildman–Crippen LogP) is 1.06. The molecule has 2 rings (SSSR count). The monoisotopic (exact) mass is 321 g/mol. The maximum Gasteiger partial charge on any atom is 0.162 e. The number of rotatable bonds is 1. The number of hydrogen-bond acceptors (Lipinski definition) is 5. The topological polar surface area (TPSA) is 70.3 Å². The zero-order valence-electron chi connectivity index (χ0n) is 8.36. The molecule has 5 nitrogen and oxygen atoms in total. The summed E-state index contributed by atoms with van der Waals surface area (Å²) in [5.41, 5.74) is 6.65. The van der Waals surface area contributed by atoms with Gasteiger partial charge >= 0.3 is 0 Å². The molecule has 2 N–H and O–H groups in total. The molecule has 0 aromatic carbocycles. The van der Waals surface area contributed by atoms with E-state index in [-0.39, 0.29) is 6.10 Å². The lowest BCUT2D eigenvalue weighted by atomic mass is 10.3. The zero-order chi connectivity index (χ0) is 10.8. The second-order valence-electron chi connectivity index (χ2n) is 3.30. The summed E-state index contributed by atoms with van der Waals surface area (Å²) in [6, 6.07) is 0. The summed E-state index contributed by atoms with van der Waals surface area (Å²) in [5.74, 6) is 1.12. The number of anilines is 1. The molecule has 0 bridgehead atoms. The number of halogens is 1. The fraction of sp³-hybridized carbons (Fsp3) is 0.556. The lowest BCUT2D eigenvalue weighted by Gasteiger charge is -2.22. The lowest BCUT2D eigenvalue weighted by molar-refractivity contribution is -0.0935. The van der Waals surface area contributed by atoms with Crippen LogP contribution < -0.4 is 5.73 Å². The molecule has 1 aromatic heterocycles. The highest BCUT2D eigenvalue weighted by molar-refractivity contribution is 14.1. The van der Waals surface area contributed by atoms with E-state index in [1.54, 1.807) is 0 Å². The van der Waals surface area contributed by atoms with E-state index in [0.29, 0.717) is 31.5 Å². The first-order valence-electron chi connectivity index (χ1n) is 4.67. The Morgan fingerprint density at radius 2 is 2.20 bits per heavy atom. The van der Waals surface area contributed by atoms with Gasteiger partial charge in [-0.05, 0) is 29.5 Å². The average molecular weight is 321 g/mol. The van der Waals surface area contributed by atoms with Crippen LogP contribution >= 0.6 is 22.6 Å². The number of nitrogen functional groups attached to an aromatic ring is 1. The van der Waals surface area contributed by atoms with Crippen molar-refractivity contribution in [3.8, 4) is 0 Å². The van der Waals surface area contributed by atoms with Crippen LogP contribution in [-0.2, 0) is 9.47 Å². The third-order valence-corrected chi connectivity index (χ3v) is 3.50. The van der Waals surface area contributed by atoms with E-state index in [9.17, 15) is 0 Å². The maximum absolute atomic E-state index is 5.77. The van der Waals surface area contributed by atoms with Gasteiger partial charge in [0.2, 0.25) is 0 Å². The quantitative estimate of drug-likeness (QED) is 0.783. The van der Waals surface area contributed by atoms with Crippen molar-refractivity contribution in [3.05, 3.63) is 15.1 Å². The van der Waals surface area contributed by atoms with Crippen molar-refractivity contribution in [3.63, 3.8) is 0 Å². The van der Waals surface area contributed by atoms with Crippen molar-refractivity contribution >= 4 is 28.4 Å². The van der Waals surface area contributed by atoms with Gasteiger partial charge in [0.1, 0.15) is 11.9 Å². The van der Waals surface area contributed by atoms with Crippen LogP contribution in [0, 0.1) is 10.5 Å². The number of nitrogens with zero attached hydrogens (tertiary/aromatic N) is 2. The molecule has 1 aliphatic rings. The minimum Gasteiger partial charge on any atom is -0.383 e. The molecule has 0 amide bonds. The molecule has 6 heteroatoms. The molecule has 82 valence electrons. The molecule has 1 unspecified atom stereocenters. The molecule has 0 saturated carbocycles. The molecule has 1 atom stereocenters. The molecule has 0 spiro atoms. The Hall–Kier alpha value is -0.470. The molecule has 1 aromatic rings. The number of ether oxygens (including phenoxy) is 2. The Bertz CT molecular complexity index is 343. The summed E-state index contributed by atoms with van der Waals surface area (Å²) in [7, 11) is 0. The van der Waals surface area contributed by atoms with Crippen LogP contribution in [0.3, 0.4) is 0 Å². The van der Waals surface area contributed by atoms with Crippen molar-refractivity contribution in [1.82, 2.24) is 9.97 Å². The van der Waals surface area contributed by atoms with Crippen molar-refractivity contribution in [2.24, 2.45) is 0 Å². The normalized spacial score (nSPS) is 21.6. The third kappa shape index (κ3) is 2.37. The largest absolute Gasteiger partial charge is 0.383 e. The van der Waals surface area contributed by atoms with E-state index in [1.807, 2.05) is 6.92 Å². The first-order valence-corrected chi connectivity index (χ1v) is 5.75. The fourth-order valence-electron chi connectivity index (χ4n) is 1.38. The Morgan fingerprint density at radius 3 is 2.80 bits per heavy atom. The molecule has 1 saturated heterocycles. The van der Waals surface area contributed by atoms with Crippen molar-refractivity contribution < 1.29 is 9.47 Å². The maximum atomic E-state index is 5.77. The minimum atomic E-state index is -0.184. The van der Waals surface area contributed by atoms with E-state index in [0.717, 1.165) is 9.26 Å². The van der Waals surface area contributed by atoms with Gasteiger partial charge in [0.05, 0.1) is 29.1 Å². The number of aromatic nitrogens is 2. The highest BCUT2D eigenvalue weighted by Gasteiger charge is 2.21. The van der Waals surface area contributed by atoms with Crippen LogP contribution in [0.4, 0.5) is 5.82 Å². The Morgan fingerprint density at radius 1 is 1.40 bits per heavy atom. The predicted molar refractivity (Wildman–Crippen MR) is 63.4 cm³/mol. The first-order chi connectivity index (χ1) is 7.18. The number of nitrogens with two attached hydrogens (primary N) is 1. The second-order valence-corrected chi connectivity index (χ2v) is 4.38. The molecule has 2 heterocycles. The molecular weight excluding hydrogens is 309 g/mol. The van der Waals surface area contributed by atoms with Crippen molar-refractivity contribution in [1.29, 1.82) is 0 Å². The van der Waals surface area contributed by atoms with Crippen LogP contribution in [0.15, 0.2) is 0 Å². The summed E-state index contributed by atoms with van der Waals surface area (Å²) < 4.78 is 11.7. The molecule has 15 heavy (non-hydrogen) atoms. The Labute approximate surface area is 102 Å². The Kier molecular flexibility index (Phi) is 3.37. The van der Waals surface area contributed by atoms with Crippen LogP contribution in [0.5, 0.6) is 0 Å². The van der Waals surface area contributed by atoms with Gasteiger partial charge in [-0.15, -0.1) is 0 Å². The standard InChI is InChI=1S/C9H12IN3O2/c1-5-7(10)8(11)13-9(12-5)6-4-14-2-3-15-6/h6H,2-4H2,1H3,(H2,11,12,13). The third-order valence-electron chi connectivity index (χ3n) is 2.16. The minimum absolute atomic E-state index is 0.184. The number of aryl methyl sites for hydroxylation is 1. The van der Waals surface area contributed by atoms with Crippen molar-refractivity contribution in [2.45, 2.75) is 13.0 Å². The second kappa shape index (κ2) is 4.58. The van der Waals surface area contributed by atoms with Crippen LogP contribution in [0.2, 0.25) is 0 Å². The smallest absolute Gasteiger partial charge is 0.162 e. The highest BCUT2D eigenvalue weighted by atomic mass is 127. The average Bonchev–Trinajstić information content (AvgIpc) is 2.26. The van der Waals surface area contributed by atoms with Crippen LogP contribution in [-0.4, -0.2) is 29.8 Å². The van der Waals surface area contributed by atoms with E-state index in [1.165, 1.54) is 0 Å². The van der Waals surface area contributed by atoms with Gasteiger partial charge in [-0.3, -0.25) is 0 Å². The summed E-state index contributed by atoms with van der Waals surface area (Å²) >= 11 is 2.13. The zero-order valence-corrected chi connectivity index (χ0v) is 10.5. The van der Waals surface area contributed by atoms with Crippen LogP contribution in [0.1, 0.15) is 17.6 Å². The van der Waals surface area contributed by atoms with Gasteiger partial charge in [0, 0.05) is 0 Å². The van der Waals surface area contributed by atoms with E-state index >= 15 is 0 Å². The summed E-state index contributed by atoms with van der Waals surface area (Å²) in [5, 5.41) is 0. The van der Waals surface area contributed by atoms with Gasteiger partial charge in [-0.2, -0.15) is 0 Å². The number of hydrogen-bond donors (Lipinski definition) is 1. The molecule has 1 fully saturated rings. The van der Waals surface area contributed by atoms with E-state index in [4.69, 9.17) is 15.2 Å². The van der Waals surface area contributed by atoms with Gasteiger partial charge in [-0.25, -0.2) is 9.97 Å². The van der Waals surface area contributed by atoms with Gasteiger partial charge in [-0.1, -0.05) is 0 Å². The van der Waals surface area contributed by atoms with Crippen molar-refractivity contribution in [2.75, 3.05) is 25.6 Å². The first kappa shape index (κ1) is 11.0. The fourth-order valence-corrected chi connectivity index (χ4v) is 1.63. The molecular formula is C9H12IN3O2. The lowest BCUT2D eigenvalue weighted by Crippen LogP contribution is -2.24. The molecule has 0 aliphatic carbocycles. The summed E-state index contributed by atoms with van der Waals surface area (Å²) in [6.45, 7) is 3.63. The van der Waals surface area contributed by atoms with Gasteiger partial charge in [0.25, 0.3) is 0 Å². The van der Waals surface area contributed by atoms with Gasteiger partial charge in [0.15, 0.2) is 5.82 Å². The molecule has 1 aliphatic heterocycles. The van der Waals surface area contributed by atoms with E-state index in [2.05, 4.69) is 32.6 Å². The van der Waals surface area contributed by atoms with Crippen LogP contribution in [0.25, 0.3) is 0 Å². The SMILES string of the molecule is Cc1nc(C2COCCO2)nc(N)c1I. The van der Waals surface area contributed by atoms with E-state index < -0.39 is 0 Å². The Balaban J connectivity index is 2.27. The summed E-state index contributed by atoms with van der Waals surface area (Å²) in [4.78, 5) is 8.56. The molecule has 0 radical (unpaired) electrons. The van der Waals surface area contributed by atoms with Gasteiger partial charge < -0.3 is 15.2 Å². The highest BCUT2D eigenvalue weighted by Crippen LogP contribution is 2.22. The summed E-state index contributed by atoms with van der Waals surface area (Å²) in [6.07, 6.45) is -0.184.